The van der Waals surface area contributed by atoms with E-state index in [4.69, 9.17) is 0 Å². The van der Waals surface area contributed by atoms with E-state index in [1.165, 1.54) is 6.92 Å². The molecule has 2 aromatic rings. The third-order valence-electron chi connectivity index (χ3n) is 4.27. The number of fused-ring (bicyclic) bond motifs is 1. The second kappa shape index (κ2) is 5.66. The first-order valence-corrected chi connectivity index (χ1v) is 7.90. The van der Waals surface area contributed by atoms with Crippen LogP contribution in [0.1, 0.15) is 12.5 Å². The summed E-state index contributed by atoms with van der Waals surface area (Å²) in [5.74, 6) is -2.47. The van der Waals surface area contributed by atoms with Gasteiger partial charge < -0.3 is 0 Å². The Hall–Kier alpha value is -3.74. The number of carbonyl (C=O) groups excluding carboxylic acids is 4. The van der Waals surface area contributed by atoms with Crippen LogP contribution < -0.4 is 15.3 Å². The van der Waals surface area contributed by atoms with E-state index in [1.54, 1.807) is 54.6 Å². The molecule has 1 saturated heterocycles. The molecule has 2 heterocycles. The molecule has 0 aliphatic carbocycles. The topological polar surface area (TPSA) is 86.8 Å². The van der Waals surface area contributed by atoms with E-state index >= 15 is 0 Å². The van der Waals surface area contributed by atoms with Gasteiger partial charge >= 0.3 is 0 Å². The Labute approximate surface area is 148 Å². The summed E-state index contributed by atoms with van der Waals surface area (Å²) in [6.45, 7) is 1.26. The zero-order valence-electron chi connectivity index (χ0n) is 13.7. The Morgan fingerprint density at radius 2 is 1.50 bits per heavy atom. The number of carbonyl (C=O) groups is 4. The second-order valence-electron chi connectivity index (χ2n) is 5.84. The molecule has 1 fully saturated rings. The van der Waals surface area contributed by atoms with Gasteiger partial charge in [-0.15, -0.1) is 0 Å². The van der Waals surface area contributed by atoms with Crippen molar-refractivity contribution in [2.24, 2.45) is 0 Å². The Morgan fingerprint density at radius 1 is 0.846 bits per heavy atom. The number of imide groups is 1. The van der Waals surface area contributed by atoms with Gasteiger partial charge in [0, 0.05) is 12.5 Å². The van der Waals surface area contributed by atoms with E-state index in [1.807, 2.05) is 0 Å². The van der Waals surface area contributed by atoms with Crippen molar-refractivity contribution in [1.82, 2.24) is 5.43 Å². The summed E-state index contributed by atoms with van der Waals surface area (Å²) in [6.07, 6.45) is 0. The predicted octanol–water partition coefficient (Wildman–Crippen LogP) is 1.41. The molecular weight excluding hydrogens is 334 g/mol. The van der Waals surface area contributed by atoms with Gasteiger partial charge in [0.15, 0.2) is 0 Å². The number of nitrogens with one attached hydrogen (secondary N) is 1. The predicted molar refractivity (Wildman–Crippen MR) is 93.6 cm³/mol. The largest absolute Gasteiger partial charge is 0.283 e. The molecule has 4 amide bonds. The van der Waals surface area contributed by atoms with E-state index in [2.05, 4.69) is 5.43 Å². The van der Waals surface area contributed by atoms with E-state index in [0.717, 1.165) is 9.91 Å². The summed E-state index contributed by atoms with van der Waals surface area (Å²) in [4.78, 5) is 51.1. The molecule has 4 rings (SSSR count). The smallest absolute Gasteiger partial charge is 0.274 e. The van der Waals surface area contributed by atoms with E-state index < -0.39 is 23.6 Å². The highest BCUT2D eigenvalue weighted by Gasteiger charge is 2.44. The molecule has 2 aliphatic heterocycles. The third-order valence-corrected chi connectivity index (χ3v) is 4.27. The highest BCUT2D eigenvalue weighted by molar-refractivity contribution is 6.48. The summed E-state index contributed by atoms with van der Waals surface area (Å²) in [6, 6.07) is 15.2. The van der Waals surface area contributed by atoms with Crippen molar-refractivity contribution in [3.05, 3.63) is 65.7 Å². The van der Waals surface area contributed by atoms with Crippen molar-refractivity contribution < 1.29 is 19.2 Å². The van der Waals surface area contributed by atoms with E-state index in [0.29, 0.717) is 16.9 Å². The van der Waals surface area contributed by atoms with Gasteiger partial charge in [-0.05, 0) is 18.2 Å². The van der Waals surface area contributed by atoms with Crippen LogP contribution in [-0.2, 0) is 19.2 Å². The normalized spacial score (nSPS) is 19.0. The molecule has 0 bridgehead atoms. The minimum Gasteiger partial charge on any atom is -0.274 e. The van der Waals surface area contributed by atoms with Crippen LogP contribution in [0.2, 0.25) is 0 Å². The molecule has 7 nitrogen and oxygen atoms in total. The Bertz CT molecular complexity index is 1010. The number of amides is 4. The summed E-state index contributed by atoms with van der Waals surface area (Å²) >= 11 is 0. The summed E-state index contributed by atoms with van der Waals surface area (Å²) in [5, 5.41) is 1.09. The van der Waals surface area contributed by atoms with E-state index in [-0.39, 0.29) is 11.1 Å². The lowest BCUT2D eigenvalue weighted by Gasteiger charge is -2.14. The molecule has 0 radical (unpaired) electrons. The first-order valence-electron chi connectivity index (χ1n) is 7.90. The molecule has 2 aliphatic rings. The average molecular weight is 347 g/mol. The molecule has 128 valence electrons. The van der Waals surface area contributed by atoms with Gasteiger partial charge in [-0.1, -0.05) is 36.4 Å². The Balaban J connectivity index is 1.89. The van der Waals surface area contributed by atoms with Crippen LogP contribution in [0.5, 0.6) is 0 Å². The Morgan fingerprint density at radius 3 is 2.19 bits per heavy atom. The number of hydrogen-bond acceptors (Lipinski definition) is 4. The van der Waals surface area contributed by atoms with Crippen LogP contribution in [0.15, 0.2) is 60.2 Å². The zero-order chi connectivity index (χ0) is 18.4. The first kappa shape index (κ1) is 15.8. The van der Waals surface area contributed by atoms with Crippen LogP contribution in [0.3, 0.4) is 0 Å². The summed E-state index contributed by atoms with van der Waals surface area (Å²) in [7, 11) is 0. The monoisotopic (exact) mass is 347 g/mol. The maximum atomic E-state index is 12.9. The van der Waals surface area contributed by atoms with Crippen LogP contribution in [-0.4, -0.2) is 23.6 Å². The number of hydrazine groups is 1. The van der Waals surface area contributed by atoms with Crippen molar-refractivity contribution >= 4 is 40.6 Å². The lowest BCUT2D eigenvalue weighted by molar-refractivity contribution is -0.123. The van der Waals surface area contributed by atoms with Crippen molar-refractivity contribution in [3.8, 4) is 0 Å². The van der Waals surface area contributed by atoms with Crippen LogP contribution in [0.25, 0.3) is 5.57 Å². The molecule has 0 spiro atoms. The number of benzene rings is 2. The van der Waals surface area contributed by atoms with Crippen molar-refractivity contribution in [3.63, 3.8) is 0 Å². The Kier molecular flexibility index (Phi) is 3.43. The van der Waals surface area contributed by atoms with Crippen LogP contribution >= 0.6 is 0 Å². The molecule has 0 saturated carbocycles. The molecule has 1 N–H and O–H groups in total. The number of rotatable bonds is 1. The van der Waals surface area contributed by atoms with E-state index in [9.17, 15) is 19.2 Å². The minimum atomic E-state index is -0.678. The summed E-state index contributed by atoms with van der Waals surface area (Å²) in [5.41, 5.74) is 3.38. The molecule has 26 heavy (non-hydrogen) atoms. The van der Waals surface area contributed by atoms with Crippen LogP contribution in [0, 0.1) is 0 Å². The van der Waals surface area contributed by atoms with Crippen LogP contribution in [0.4, 0.5) is 11.4 Å². The quantitative estimate of drug-likeness (QED) is 0.624. The molecular formula is C19H13N3O4. The van der Waals surface area contributed by atoms with Gasteiger partial charge in [0.2, 0.25) is 5.91 Å². The number of hydrogen-bond donors (Lipinski definition) is 1. The number of para-hydroxylation sites is 2. The van der Waals surface area contributed by atoms with Gasteiger partial charge in [-0.2, -0.15) is 0 Å². The van der Waals surface area contributed by atoms with Gasteiger partial charge in [-0.3, -0.25) is 24.6 Å². The van der Waals surface area contributed by atoms with Crippen molar-refractivity contribution in [1.29, 1.82) is 0 Å². The van der Waals surface area contributed by atoms with Gasteiger partial charge in [0.1, 0.15) is 5.57 Å². The van der Waals surface area contributed by atoms with Gasteiger partial charge in [0.25, 0.3) is 17.7 Å². The SMILES string of the molecule is CC(=O)N1C(=O)/C(=C2/C(=O)NN(c3ccccc3)C2=O)c2ccccc21. The fraction of sp³-hybridized carbons (Fsp3) is 0.0526. The highest BCUT2D eigenvalue weighted by Crippen LogP contribution is 2.39. The molecule has 0 unspecified atom stereocenters. The summed E-state index contributed by atoms with van der Waals surface area (Å²) < 4.78 is 0. The molecule has 0 aromatic heterocycles. The second-order valence-corrected chi connectivity index (χ2v) is 5.84. The highest BCUT2D eigenvalue weighted by atomic mass is 16.2. The third kappa shape index (κ3) is 2.14. The van der Waals surface area contributed by atoms with Crippen molar-refractivity contribution in [2.75, 3.05) is 9.91 Å². The number of nitrogens with zero attached hydrogens (tertiary/aromatic N) is 2. The number of anilines is 2. The maximum Gasteiger partial charge on any atom is 0.283 e. The lowest BCUT2D eigenvalue weighted by Crippen LogP contribution is -2.35. The van der Waals surface area contributed by atoms with Gasteiger partial charge in [-0.25, -0.2) is 9.91 Å². The molecule has 7 heteroatoms. The maximum absolute atomic E-state index is 12.9. The molecule has 2 aromatic carbocycles. The molecule has 0 atom stereocenters. The minimum absolute atomic E-state index is 0.0586. The average Bonchev–Trinajstić information content (AvgIpc) is 3.08. The lowest BCUT2D eigenvalue weighted by atomic mass is 10.0. The first-order chi connectivity index (χ1) is 12.5. The van der Waals surface area contributed by atoms with Crippen molar-refractivity contribution in [2.45, 2.75) is 6.92 Å². The standard InChI is InChI=1S/C19H13N3O4/c1-11(23)21-14-10-6-5-9-13(14)15(18(21)25)16-17(24)20-22(19(16)26)12-7-3-2-4-8-12/h2-10H,1H3,(H,20,24)/b16-15-. The fourth-order valence-corrected chi connectivity index (χ4v) is 3.17. The van der Waals surface area contributed by atoms with Gasteiger partial charge in [0.05, 0.1) is 16.9 Å². The fourth-order valence-electron chi connectivity index (χ4n) is 3.17. The zero-order valence-corrected chi connectivity index (χ0v) is 13.7.